The van der Waals surface area contributed by atoms with E-state index in [-0.39, 0.29) is 0 Å². The van der Waals surface area contributed by atoms with Gasteiger partial charge in [-0.1, -0.05) is 27.2 Å². The van der Waals surface area contributed by atoms with Crippen LogP contribution < -0.4 is 5.32 Å². The van der Waals surface area contributed by atoms with E-state index in [1.165, 1.54) is 25.8 Å². The molecule has 0 aromatic carbocycles. The Labute approximate surface area is 83.3 Å². The van der Waals surface area contributed by atoms with Crippen molar-refractivity contribution >= 4 is 0 Å². The van der Waals surface area contributed by atoms with E-state index in [0.29, 0.717) is 0 Å². The number of nitrogens with one attached hydrogen (secondary N) is 1. The summed E-state index contributed by atoms with van der Waals surface area (Å²) in [7, 11) is 2.08. The highest BCUT2D eigenvalue weighted by molar-refractivity contribution is 4.81. The molecule has 1 rings (SSSR count). The maximum atomic E-state index is 3.34. The van der Waals surface area contributed by atoms with Gasteiger partial charge in [0, 0.05) is 0 Å². The minimum atomic E-state index is 0.867. The minimum absolute atomic E-state index is 0.867. The zero-order valence-electron chi connectivity index (χ0n) is 9.64. The van der Waals surface area contributed by atoms with E-state index in [1.807, 2.05) is 0 Å². The summed E-state index contributed by atoms with van der Waals surface area (Å²) in [6.45, 7) is 8.37. The van der Waals surface area contributed by atoms with Crippen LogP contribution in [0.1, 0.15) is 40.0 Å². The van der Waals surface area contributed by atoms with Crippen LogP contribution in [0.15, 0.2) is 0 Å². The predicted molar refractivity (Wildman–Crippen MR) is 58.8 cm³/mol. The van der Waals surface area contributed by atoms with Crippen molar-refractivity contribution in [3.63, 3.8) is 0 Å². The molecule has 0 amide bonds. The third kappa shape index (κ3) is 2.98. The lowest BCUT2D eigenvalue weighted by Gasteiger charge is -2.37. The standard InChI is InChI=1S/C12H25N/c1-9(2)12-6-5-10(3)7-11(12)8-13-4/h9-13H,5-8H2,1-4H3. The van der Waals surface area contributed by atoms with Crippen molar-refractivity contribution in [2.75, 3.05) is 13.6 Å². The molecule has 0 spiro atoms. The molecule has 0 bridgehead atoms. The Morgan fingerprint density at radius 2 is 2.00 bits per heavy atom. The van der Waals surface area contributed by atoms with Crippen LogP contribution in [0.4, 0.5) is 0 Å². The molecule has 1 heteroatoms. The van der Waals surface area contributed by atoms with Gasteiger partial charge in [-0.2, -0.15) is 0 Å². The van der Waals surface area contributed by atoms with E-state index < -0.39 is 0 Å². The molecule has 1 nitrogen and oxygen atoms in total. The maximum Gasteiger partial charge on any atom is -0.00207 e. The highest BCUT2D eigenvalue weighted by atomic mass is 14.8. The first-order valence-corrected chi connectivity index (χ1v) is 5.79. The van der Waals surface area contributed by atoms with Gasteiger partial charge in [0.2, 0.25) is 0 Å². The van der Waals surface area contributed by atoms with Crippen LogP contribution in [0, 0.1) is 23.7 Å². The fourth-order valence-electron chi connectivity index (χ4n) is 2.90. The van der Waals surface area contributed by atoms with Crippen molar-refractivity contribution in [3.05, 3.63) is 0 Å². The molecule has 1 aliphatic carbocycles. The molecule has 0 saturated heterocycles. The van der Waals surface area contributed by atoms with Gasteiger partial charge in [-0.25, -0.2) is 0 Å². The quantitative estimate of drug-likeness (QED) is 0.709. The van der Waals surface area contributed by atoms with Gasteiger partial charge in [-0.3, -0.25) is 0 Å². The normalized spacial score (nSPS) is 35.3. The molecule has 3 atom stereocenters. The van der Waals surface area contributed by atoms with Crippen molar-refractivity contribution < 1.29 is 0 Å². The van der Waals surface area contributed by atoms with Gasteiger partial charge in [0.05, 0.1) is 0 Å². The summed E-state index contributed by atoms with van der Waals surface area (Å²) >= 11 is 0. The molecule has 0 aliphatic heterocycles. The molecule has 1 N–H and O–H groups in total. The summed E-state index contributed by atoms with van der Waals surface area (Å²) < 4.78 is 0. The Kier molecular flexibility index (Phi) is 4.24. The highest BCUT2D eigenvalue weighted by Crippen LogP contribution is 2.37. The average molecular weight is 183 g/mol. The molecule has 0 radical (unpaired) electrons. The van der Waals surface area contributed by atoms with Crippen LogP contribution in [0.25, 0.3) is 0 Å². The molecule has 1 fully saturated rings. The largest absolute Gasteiger partial charge is 0.319 e. The molecule has 3 unspecified atom stereocenters. The van der Waals surface area contributed by atoms with Crippen molar-refractivity contribution in [1.82, 2.24) is 5.32 Å². The van der Waals surface area contributed by atoms with Gasteiger partial charge >= 0.3 is 0 Å². The lowest BCUT2D eigenvalue weighted by atomic mass is 9.70. The van der Waals surface area contributed by atoms with Crippen LogP contribution >= 0.6 is 0 Å². The third-order valence-electron chi connectivity index (χ3n) is 3.63. The van der Waals surface area contributed by atoms with Crippen LogP contribution in [0.3, 0.4) is 0 Å². The maximum absolute atomic E-state index is 3.34. The highest BCUT2D eigenvalue weighted by Gasteiger charge is 2.29. The third-order valence-corrected chi connectivity index (χ3v) is 3.63. The van der Waals surface area contributed by atoms with Gasteiger partial charge in [-0.05, 0) is 50.1 Å². The van der Waals surface area contributed by atoms with Crippen molar-refractivity contribution in [2.24, 2.45) is 23.7 Å². The SMILES string of the molecule is CNCC1CC(C)CCC1C(C)C. The fourth-order valence-corrected chi connectivity index (χ4v) is 2.90. The molecule has 0 aromatic rings. The molecule has 78 valence electrons. The molecular formula is C12H25N. The number of hydrogen-bond donors (Lipinski definition) is 1. The molecule has 0 heterocycles. The molecule has 1 saturated carbocycles. The Morgan fingerprint density at radius 1 is 1.31 bits per heavy atom. The summed E-state index contributed by atoms with van der Waals surface area (Å²) in [5.41, 5.74) is 0. The topological polar surface area (TPSA) is 12.0 Å². The van der Waals surface area contributed by atoms with Crippen LogP contribution in [-0.4, -0.2) is 13.6 Å². The summed E-state index contributed by atoms with van der Waals surface area (Å²) in [5.74, 6) is 3.71. The van der Waals surface area contributed by atoms with Crippen LogP contribution in [0.5, 0.6) is 0 Å². The first kappa shape index (κ1) is 11.0. The first-order chi connectivity index (χ1) is 6.15. The summed E-state index contributed by atoms with van der Waals surface area (Å²) in [4.78, 5) is 0. The Hall–Kier alpha value is -0.0400. The molecule has 0 aromatic heterocycles. The molecule has 1 aliphatic rings. The van der Waals surface area contributed by atoms with Crippen molar-refractivity contribution in [2.45, 2.75) is 40.0 Å². The second-order valence-corrected chi connectivity index (χ2v) is 5.14. The second-order valence-electron chi connectivity index (χ2n) is 5.14. The van der Waals surface area contributed by atoms with E-state index in [4.69, 9.17) is 0 Å². The summed E-state index contributed by atoms with van der Waals surface area (Å²) in [6, 6.07) is 0. The zero-order chi connectivity index (χ0) is 9.84. The number of hydrogen-bond acceptors (Lipinski definition) is 1. The number of rotatable bonds is 3. The summed E-state index contributed by atoms with van der Waals surface area (Å²) in [6.07, 6.45) is 4.33. The zero-order valence-corrected chi connectivity index (χ0v) is 9.64. The van der Waals surface area contributed by atoms with Gasteiger partial charge in [-0.15, -0.1) is 0 Å². The Morgan fingerprint density at radius 3 is 2.54 bits per heavy atom. The van der Waals surface area contributed by atoms with E-state index >= 15 is 0 Å². The Balaban J connectivity index is 2.50. The van der Waals surface area contributed by atoms with Gasteiger partial charge in [0.15, 0.2) is 0 Å². The van der Waals surface area contributed by atoms with E-state index in [1.54, 1.807) is 0 Å². The lowest BCUT2D eigenvalue weighted by molar-refractivity contribution is 0.144. The van der Waals surface area contributed by atoms with Gasteiger partial charge in [0.1, 0.15) is 0 Å². The van der Waals surface area contributed by atoms with Crippen LogP contribution in [0.2, 0.25) is 0 Å². The monoisotopic (exact) mass is 183 g/mol. The van der Waals surface area contributed by atoms with E-state index in [0.717, 1.165) is 23.7 Å². The van der Waals surface area contributed by atoms with Crippen molar-refractivity contribution in [1.29, 1.82) is 0 Å². The van der Waals surface area contributed by atoms with Crippen LogP contribution in [-0.2, 0) is 0 Å². The minimum Gasteiger partial charge on any atom is -0.319 e. The van der Waals surface area contributed by atoms with Crippen molar-refractivity contribution in [3.8, 4) is 0 Å². The van der Waals surface area contributed by atoms with Gasteiger partial charge in [0.25, 0.3) is 0 Å². The van der Waals surface area contributed by atoms with E-state index in [2.05, 4.69) is 33.1 Å². The second kappa shape index (κ2) is 4.99. The van der Waals surface area contributed by atoms with Gasteiger partial charge < -0.3 is 5.32 Å². The molecule has 13 heavy (non-hydrogen) atoms. The van der Waals surface area contributed by atoms with E-state index in [9.17, 15) is 0 Å². The smallest absolute Gasteiger partial charge is 0.00207 e. The summed E-state index contributed by atoms with van der Waals surface area (Å²) in [5, 5.41) is 3.34. The Bertz CT molecular complexity index is 142. The average Bonchev–Trinajstić information content (AvgIpc) is 2.04. The lowest BCUT2D eigenvalue weighted by Crippen LogP contribution is -2.34. The fraction of sp³-hybridized carbons (Fsp3) is 1.00. The first-order valence-electron chi connectivity index (χ1n) is 5.79. The molecular weight excluding hydrogens is 158 g/mol. The predicted octanol–water partition coefficient (Wildman–Crippen LogP) is 2.91.